The van der Waals surface area contributed by atoms with Gasteiger partial charge in [-0.1, -0.05) is 95.5 Å². The molecule has 0 aliphatic heterocycles. The normalized spacial score (nSPS) is 13.1. The molecule has 0 aliphatic carbocycles. The van der Waals surface area contributed by atoms with E-state index in [-0.39, 0.29) is 13.0 Å². The monoisotopic (exact) mass is 354 g/mol. The molecular formula is C22H36F2O. The fraction of sp³-hybridized carbons (Fsp3) is 0.727. The lowest BCUT2D eigenvalue weighted by Gasteiger charge is -2.27. The SMILES string of the molecule is CCCCCCCC(OCc1ccccc1)C(F)(F)CCCCCC. The van der Waals surface area contributed by atoms with E-state index in [9.17, 15) is 8.78 Å². The second-order valence-electron chi connectivity index (χ2n) is 7.06. The molecule has 1 nitrogen and oxygen atoms in total. The van der Waals surface area contributed by atoms with E-state index in [1.54, 1.807) is 0 Å². The number of halogens is 2. The lowest BCUT2D eigenvalue weighted by Crippen LogP contribution is -2.36. The molecule has 0 bridgehead atoms. The van der Waals surface area contributed by atoms with Crippen molar-refractivity contribution >= 4 is 0 Å². The van der Waals surface area contributed by atoms with Crippen molar-refractivity contribution in [2.75, 3.05) is 0 Å². The van der Waals surface area contributed by atoms with Gasteiger partial charge in [0.05, 0.1) is 6.61 Å². The zero-order valence-electron chi connectivity index (χ0n) is 16.1. The first-order chi connectivity index (χ1) is 12.1. The lowest BCUT2D eigenvalue weighted by atomic mass is 9.99. The molecule has 0 radical (unpaired) electrons. The zero-order chi connectivity index (χ0) is 18.4. The van der Waals surface area contributed by atoms with Crippen LogP contribution in [0.2, 0.25) is 0 Å². The minimum Gasteiger partial charge on any atom is -0.367 e. The molecule has 144 valence electrons. The quantitative estimate of drug-likeness (QED) is 0.296. The van der Waals surface area contributed by atoms with Crippen LogP contribution in [0, 0.1) is 0 Å². The molecule has 0 amide bonds. The van der Waals surface area contributed by atoms with Gasteiger partial charge >= 0.3 is 0 Å². The highest BCUT2D eigenvalue weighted by Crippen LogP contribution is 2.32. The molecule has 0 aliphatic rings. The lowest BCUT2D eigenvalue weighted by molar-refractivity contribution is -0.150. The first kappa shape index (κ1) is 22.1. The predicted octanol–water partition coefficient (Wildman–Crippen LogP) is 7.54. The van der Waals surface area contributed by atoms with Gasteiger partial charge in [0, 0.05) is 6.42 Å². The van der Waals surface area contributed by atoms with Crippen molar-refractivity contribution in [3.05, 3.63) is 35.9 Å². The van der Waals surface area contributed by atoms with Gasteiger partial charge in [0.25, 0.3) is 5.92 Å². The number of hydrogen-bond donors (Lipinski definition) is 0. The summed E-state index contributed by atoms with van der Waals surface area (Å²) in [6.07, 6.45) is 8.33. The van der Waals surface area contributed by atoms with Gasteiger partial charge < -0.3 is 4.74 Å². The molecule has 0 fully saturated rings. The second-order valence-corrected chi connectivity index (χ2v) is 7.06. The molecule has 1 rings (SSSR count). The second kappa shape index (κ2) is 13.3. The molecule has 0 aromatic heterocycles. The topological polar surface area (TPSA) is 9.23 Å². The summed E-state index contributed by atoms with van der Waals surface area (Å²) in [7, 11) is 0. The maximum atomic E-state index is 14.7. The van der Waals surface area contributed by atoms with Crippen LogP contribution in [0.4, 0.5) is 8.78 Å². The summed E-state index contributed by atoms with van der Waals surface area (Å²) in [5, 5.41) is 0. The number of benzene rings is 1. The average molecular weight is 355 g/mol. The highest BCUT2D eigenvalue weighted by molar-refractivity contribution is 5.13. The number of alkyl halides is 2. The fourth-order valence-electron chi connectivity index (χ4n) is 3.07. The summed E-state index contributed by atoms with van der Waals surface area (Å²) in [6, 6.07) is 9.62. The molecule has 0 saturated carbocycles. The molecule has 25 heavy (non-hydrogen) atoms. The highest BCUT2D eigenvalue weighted by Gasteiger charge is 2.39. The molecule has 1 aromatic carbocycles. The van der Waals surface area contributed by atoms with Crippen molar-refractivity contribution in [1.82, 2.24) is 0 Å². The Labute approximate surface area is 153 Å². The van der Waals surface area contributed by atoms with Gasteiger partial charge in [-0.2, -0.15) is 0 Å². The third kappa shape index (κ3) is 9.94. The van der Waals surface area contributed by atoms with Crippen LogP contribution < -0.4 is 0 Å². The Morgan fingerprint density at radius 2 is 1.44 bits per heavy atom. The molecule has 0 N–H and O–H groups in total. The van der Waals surface area contributed by atoms with Gasteiger partial charge in [0.15, 0.2) is 0 Å². The van der Waals surface area contributed by atoms with E-state index in [1.807, 2.05) is 30.3 Å². The third-order valence-electron chi connectivity index (χ3n) is 4.70. The minimum absolute atomic E-state index is 0.0542. The van der Waals surface area contributed by atoms with Crippen molar-refractivity contribution in [3.8, 4) is 0 Å². The Bertz CT molecular complexity index is 419. The predicted molar refractivity (Wildman–Crippen MR) is 102 cm³/mol. The van der Waals surface area contributed by atoms with Crippen LogP contribution in [0.3, 0.4) is 0 Å². The summed E-state index contributed by atoms with van der Waals surface area (Å²) >= 11 is 0. The number of unbranched alkanes of at least 4 members (excludes halogenated alkanes) is 7. The molecule has 1 atom stereocenters. The van der Waals surface area contributed by atoms with Crippen LogP contribution >= 0.6 is 0 Å². The van der Waals surface area contributed by atoms with E-state index in [0.717, 1.165) is 44.1 Å². The molecule has 3 heteroatoms. The Morgan fingerprint density at radius 1 is 0.840 bits per heavy atom. The van der Waals surface area contributed by atoms with Gasteiger partial charge in [-0.3, -0.25) is 0 Å². The Balaban J connectivity index is 2.52. The van der Waals surface area contributed by atoms with Crippen molar-refractivity contribution in [2.24, 2.45) is 0 Å². The summed E-state index contributed by atoms with van der Waals surface area (Å²) in [4.78, 5) is 0. The van der Waals surface area contributed by atoms with Gasteiger partial charge in [-0.25, -0.2) is 8.78 Å². The van der Waals surface area contributed by atoms with E-state index >= 15 is 0 Å². The van der Waals surface area contributed by atoms with Gasteiger partial charge in [0.2, 0.25) is 0 Å². The highest BCUT2D eigenvalue weighted by atomic mass is 19.3. The molecule has 1 aromatic rings. The van der Waals surface area contributed by atoms with Crippen LogP contribution in [-0.4, -0.2) is 12.0 Å². The first-order valence-corrected chi connectivity index (χ1v) is 10.1. The van der Waals surface area contributed by atoms with Crippen molar-refractivity contribution in [2.45, 2.75) is 103 Å². The number of rotatable bonds is 15. The Kier molecular flexibility index (Phi) is 11.7. The minimum atomic E-state index is -2.73. The largest absolute Gasteiger partial charge is 0.367 e. The molecule has 0 spiro atoms. The van der Waals surface area contributed by atoms with Crippen LogP contribution in [0.25, 0.3) is 0 Å². The molecular weight excluding hydrogens is 318 g/mol. The van der Waals surface area contributed by atoms with Gasteiger partial charge in [0.1, 0.15) is 6.10 Å². The standard InChI is InChI=1S/C22H36F2O/c1-3-5-7-9-13-17-21(22(23,24)18-14-8-6-4-2)25-19-20-15-11-10-12-16-20/h10-12,15-16,21H,3-9,13-14,17-19H2,1-2H3. The summed E-state index contributed by atoms with van der Waals surface area (Å²) in [5.41, 5.74) is 0.959. The molecule has 0 heterocycles. The molecule has 0 saturated heterocycles. The van der Waals surface area contributed by atoms with E-state index in [4.69, 9.17) is 4.74 Å². The van der Waals surface area contributed by atoms with E-state index < -0.39 is 12.0 Å². The van der Waals surface area contributed by atoms with Gasteiger partial charge in [-0.15, -0.1) is 0 Å². The summed E-state index contributed by atoms with van der Waals surface area (Å²) in [6.45, 7) is 4.53. The zero-order valence-corrected chi connectivity index (χ0v) is 16.1. The summed E-state index contributed by atoms with van der Waals surface area (Å²) < 4.78 is 35.0. The van der Waals surface area contributed by atoms with Crippen molar-refractivity contribution in [1.29, 1.82) is 0 Å². The number of hydrogen-bond acceptors (Lipinski definition) is 1. The Hall–Kier alpha value is -0.960. The van der Waals surface area contributed by atoms with E-state index in [2.05, 4.69) is 13.8 Å². The van der Waals surface area contributed by atoms with Crippen molar-refractivity contribution < 1.29 is 13.5 Å². The smallest absolute Gasteiger partial charge is 0.273 e. The van der Waals surface area contributed by atoms with E-state index in [1.165, 1.54) is 12.8 Å². The number of ether oxygens (including phenoxy) is 1. The molecule has 1 unspecified atom stereocenters. The first-order valence-electron chi connectivity index (χ1n) is 10.1. The van der Waals surface area contributed by atoms with Crippen LogP contribution in [0.5, 0.6) is 0 Å². The van der Waals surface area contributed by atoms with Crippen molar-refractivity contribution in [3.63, 3.8) is 0 Å². The van der Waals surface area contributed by atoms with E-state index in [0.29, 0.717) is 12.8 Å². The average Bonchev–Trinajstić information content (AvgIpc) is 2.62. The fourth-order valence-corrected chi connectivity index (χ4v) is 3.07. The van der Waals surface area contributed by atoms with Crippen LogP contribution in [0.15, 0.2) is 30.3 Å². The third-order valence-corrected chi connectivity index (χ3v) is 4.70. The maximum Gasteiger partial charge on any atom is 0.273 e. The van der Waals surface area contributed by atoms with Crippen LogP contribution in [0.1, 0.15) is 90.0 Å². The Morgan fingerprint density at radius 3 is 2.08 bits per heavy atom. The maximum absolute atomic E-state index is 14.7. The van der Waals surface area contributed by atoms with Crippen LogP contribution in [-0.2, 0) is 11.3 Å². The van der Waals surface area contributed by atoms with Gasteiger partial charge in [-0.05, 0) is 18.4 Å². The summed E-state index contributed by atoms with van der Waals surface area (Å²) in [5.74, 6) is -2.73.